The van der Waals surface area contributed by atoms with Crippen molar-refractivity contribution < 1.29 is 19.4 Å². The van der Waals surface area contributed by atoms with Gasteiger partial charge in [-0.15, -0.1) is 0 Å². The zero-order valence-electron chi connectivity index (χ0n) is 14.7. The first-order valence-electron chi connectivity index (χ1n) is 8.65. The SMILES string of the molecule is O=C1NC(c2ccc(OCCO)cc2)C(=O)N1Cc1nc2cc(I)ccc2[nH]1. The molecule has 1 atom stereocenters. The highest BCUT2D eigenvalue weighted by Gasteiger charge is 2.39. The molecule has 3 amide bonds. The Kier molecular flexibility index (Phi) is 5.18. The lowest BCUT2D eigenvalue weighted by Crippen LogP contribution is -2.30. The number of halogens is 1. The standard InChI is InChI=1S/C19H17IN4O4/c20-12-3-6-14-15(9-12)22-16(21-14)10-24-18(26)17(23-19(24)27)11-1-4-13(5-2-11)28-8-7-25/h1-6,9,17,25H,7-8,10H2,(H,21,22)(H,23,27). The van der Waals surface area contributed by atoms with Gasteiger partial charge in [0.1, 0.15) is 24.2 Å². The molecule has 8 nitrogen and oxygen atoms in total. The number of amides is 3. The molecule has 0 saturated carbocycles. The molecule has 144 valence electrons. The Balaban J connectivity index is 1.50. The topological polar surface area (TPSA) is 108 Å². The summed E-state index contributed by atoms with van der Waals surface area (Å²) < 4.78 is 6.37. The van der Waals surface area contributed by atoms with E-state index < -0.39 is 12.1 Å². The molecule has 2 aromatic carbocycles. The summed E-state index contributed by atoms with van der Waals surface area (Å²) in [6.07, 6.45) is 0. The van der Waals surface area contributed by atoms with Crippen LogP contribution in [0.1, 0.15) is 17.4 Å². The Morgan fingerprint density at radius 2 is 1.96 bits per heavy atom. The van der Waals surface area contributed by atoms with E-state index in [-0.39, 0.29) is 25.7 Å². The minimum absolute atomic E-state index is 0.0735. The number of aromatic nitrogens is 2. The number of carbonyl (C=O) groups is 2. The number of carbonyl (C=O) groups excluding carboxylic acids is 2. The fourth-order valence-electron chi connectivity index (χ4n) is 3.07. The summed E-state index contributed by atoms with van der Waals surface area (Å²) in [4.78, 5) is 33.9. The number of urea groups is 1. The van der Waals surface area contributed by atoms with E-state index in [0.29, 0.717) is 17.1 Å². The van der Waals surface area contributed by atoms with Crippen molar-refractivity contribution in [2.75, 3.05) is 13.2 Å². The van der Waals surface area contributed by atoms with Crippen LogP contribution in [0.4, 0.5) is 4.79 Å². The number of H-pyrrole nitrogens is 1. The molecule has 0 radical (unpaired) electrons. The Bertz CT molecular complexity index is 1030. The molecular formula is C19H17IN4O4. The summed E-state index contributed by atoms with van der Waals surface area (Å²) in [6, 6.07) is 11.5. The third kappa shape index (κ3) is 3.67. The number of hydrogen-bond acceptors (Lipinski definition) is 5. The van der Waals surface area contributed by atoms with Crippen molar-refractivity contribution in [1.29, 1.82) is 0 Å². The van der Waals surface area contributed by atoms with Crippen molar-refractivity contribution in [3.63, 3.8) is 0 Å². The summed E-state index contributed by atoms with van der Waals surface area (Å²) in [5, 5.41) is 11.5. The molecule has 1 fully saturated rings. The van der Waals surface area contributed by atoms with Crippen LogP contribution >= 0.6 is 22.6 Å². The van der Waals surface area contributed by atoms with Gasteiger partial charge in [0.25, 0.3) is 5.91 Å². The highest BCUT2D eigenvalue weighted by molar-refractivity contribution is 14.1. The molecule has 1 unspecified atom stereocenters. The number of fused-ring (bicyclic) bond motifs is 1. The Morgan fingerprint density at radius 3 is 2.71 bits per heavy atom. The second kappa shape index (κ2) is 7.76. The molecule has 1 aromatic heterocycles. The van der Waals surface area contributed by atoms with Gasteiger partial charge in [-0.05, 0) is 58.5 Å². The van der Waals surface area contributed by atoms with Gasteiger partial charge in [0.2, 0.25) is 0 Å². The Morgan fingerprint density at radius 1 is 1.18 bits per heavy atom. The molecule has 0 bridgehead atoms. The van der Waals surface area contributed by atoms with E-state index in [9.17, 15) is 9.59 Å². The molecule has 28 heavy (non-hydrogen) atoms. The van der Waals surface area contributed by atoms with Crippen LogP contribution in [0.25, 0.3) is 11.0 Å². The minimum atomic E-state index is -0.746. The molecule has 1 aliphatic heterocycles. The number of imidazole rings is 1. The molecule has 0 aliphatic carbocycles. The lowest BCUT2D eigenvalue weighted by molar-refractivity contribution is -0.128. The number of aromatic amines is 1. The number of ether oxygens (including phenoxy) is 1. The maximum absolute atomic E-state index is 12.8. The van der Waals surface area contributed by atoms with Crippen LogP contribution in [0, 0.1) is 3.57 Å². The van der Waals surface area contributed by atoms with E-state index in [1.54, 1.807) is 24.3 Å². The largest absolute Gasteiger partial charge is 0.491 e. The van der Waals surface area contributed by atoms with Crippen LogP contribution in [-0.4, -0.2) is 45.1 Å². The number of aliphatic hydroxyl groups excluding tert-OH is 1. The molecule has 1 saturated heterocycles. The van der Waals surface area contributed by atoms with E-state index in [2.05, 4.69) is 37.9 Å². The third-order valence-electron chi connectivity index (χ3n) is 4.40. The van der Waals surface area contributed by atoms with Crippen molar-refractivity contribution in [2.45, 2.75) is 12.6 Å². The second-order valence-electron chi connectivity index (χ2n) is 6.29. The summed E-state index contributed by atoms with van der Waals surface area (Å²) in [5.41, 5.74) is 2.32. The summed E-state index contributed by atoms with van der Waals surface area (Å²) in [5.74, 6) is 0.807. The Hall–Kier alpha value is -2.66. The first-order chi connectivity index (χ1) is 13.5. The minimum Gasteiger partial charge on any atom is -0.491 e. The zero-order valence-corrected chi connectivity index (χ0v) is 16.8. The van der Waals surface area contributed by atoms with E-state index in [4.69, 9.17) is 9.84 Å². The van der Waals surface area contributed by atoms with Gasteiger partial charge in [-0.2, -0.15) is 0 Å². The van der Waals surface area contributed by atoms with Gasteiger partial charge < -0.3 is 20.1 Å². The number of nitrogens with one attached hydrogen (secondary N) is 2. The second-order valence-corrected chi connectivity index (χ2v) is 7.54. The van der Waals surface area contributed by atoms with Crippen LogP contribution < -0.4 is 10.1 Å². The normalized spacial score (nSPS) is 16.6. The van der Waals surface area contributed by atoms with Crippen LogP contribution in [0.15, 0.2) is 42.5 Å². The van der Waals surface area contributed by atoms with Crippen molar-refractivity contribution in [3.05, 3.63) is 57.4 Å². The lowest BCUT2D eigenvalue weighted by Gasteiger charge is -2.12. The molecule has 3 aromatic rings. The molecule has 4 rings (SSSR count). The number of benzene rings is 2. The predicted molar refractivity (Wildman–Crippen MR) is 110 cm³/mol. The number of hydrogen-bond donors (Lipinski definition) is 3. The van der Waals surface area contributed by atoms with Crippen molar-refractivity contribution in [3.8, 4) is 5.75 Å². The Labute approximate surface area is 174 Å². The number of imide groups is 1. The summed E-state index contributed by atoms with van der Waals surface area (Å²) in [6.45, 7) is 0.196. The van der Waals surface area contributed by atoms with E-state index in [1.807, 2.05) is 18.2 Å². The number of rotatable bonds is 6. The highest BCUT2D eigenvalue weighted by Crippen LogP contribution is 2.25. The first kappa shape index (κ1) is 18.7. The molecule has 9 heteroatoms. The highest BCUT2D eigenvalue weighted by atomic mass is 127. The van der Waals surface area contributed by atoms with Gasteiger partial charge in [0.15, 0.2) is 0 Å². The average Bonchev–Trinajstić information content (AvgIpc) is 3.21. The van der Waals surface area contributed by atoms with Crippen LogP contribution in [0.3, 0.4) is 0 Å². The quantitative estimate of drug-likeness (QED) is 0.362. The van der Waals surface area contributed by atoms with Gasteiger partial charge in [-0.25, -0.2) is 9.78 Å². The molecule has 3 N–H and O–H groups in total. The van der Waals surface area contributed by atoms with Crippen molar-refractivity contribution in [1.82, 2.24) is 20.2 Å². The third-order valence-corrected chi connectivity index (χ3v) is 5.07. The van der Waals surface area contributed by atoms with Gasteiger partial charge in [-0.1, -0.05) is 12.1 Å². The molecule has 2 heterocycles. The van der Waals surface area contributed by atoms with Gasteiger partial charge >= 0.3 is 6.03 Å². The molecule has 1 aliphatic rings. The maximum Gasteiger partial charge on any atom is 0.325 e. The number of nitrogens with zero attached hydrogens (tertiary/aromatic N) is 2. The lowest BCUT2D eigenvalue weighted by atomic mass is 10.1. The maximum atomic E-state index is 12.8. The van der Waals surface area contributed by atoms with Crippen molar-refractivity contribution >= 4 is 45.6 Å². The average molecular weight is 492 g/mol. The van der Waals surface area contributed by atoms with Gasteiger partial charge in [-0.3, -0.25) is 9.69 Å². The summed E-state index contributed by atoms with van der Waals surface area (Å²) in [7, 11) is 0. The van der Waals surface area contributed by atoms with E-state index >= 15 is 0 Å². The van der Waals surface area contributed by atoms with Crippen LogP contribution in [-0.2, 0) is 11.3 Å². The van der Waals surface area contributed by atoms with Crippen molar-refractivity contribution in [2.24, 2.45) is 0 Å². The van der Waals surface area contributed by atoms with Crippen LogP contribution in [0.5, 0.6) is 5.75 Å². The fourth-order valence-corrected chi connectivity index (χ4v) is 3.55. The molecule has 0 spiro atoms. The van der Waals surface area contributed by atoms with Crippen LogP contribution in [0.2, 0.25) is 0 Å². The smallest absolute Gasteiger partial charge is 0.325 e. The fraction of sp³-hybridized carbons (Fsp3) is 0.211. The van der Waals surface area contributed by atoms with E-state index in [1.165, 1.54) is 0 Å². The zero-order chi connectivity index (χ0) is 19.7. The van der Waals surface area contributed by atoms with Gasteiger partial charge in [0, 0.05) is 3.57 Å². The van der Waals surface area contributed by atoms with Gasteiger partial charge in [0.05, 0.1) is 24.2 Å². The van der Waals surface area contributed by atoms with E-state index in [0.717, 1.165) is 19.5 Å². The first-order valence-corrected chi connectivity index (χ1v) is 9.72. The predicted octanol–water partition coefficient (Wildman–Crippen LogP) is 2.33. The number of aliphatic hydroxyl groups is 1. The monoisotopic (exact) mass is 492 g/mol. The summed E-state index contributed by atoms with van der Waals surface area (Å²) >= 11 is 2.21. The molecular weight excluding hydrogens is 475 g/mol.